The van der Waals surface area contributed by atoms with Crippen LogP contribution >= 0.6 is 34.5 Å². The smallest absolute Gasteiger partial charge is 0.145 e. The molecule has 1 aliphatic heterocycles. The SMILES string of the molecule is O[C@]1(c2nc3ccc(CN4CCOCC4)cc3s2)[C@@H]2CC[C@H]1C[C@@H](OCc1c(-c3c(Cl)cccc3Cl)noc1C1CC1)C2. The number of aromatic nitrogens is 2. The van der Waals surface area contributed by atoms with Crippen molar-refractivity contribution in [2.75, 3.05) is 26.3 Å². The van der Waals surface area contributed by atoms with Gasteiger partial charge in [0.2, 0.25) is 0 Å². The first-order valence-electron chi connectivity index (χ1n) is 15.4. The summed E-state index contributed by atoms with van der Waals surface area (Å²) in [6.07, 6.45) is 5.81. The van der Waals surface area contributed by atoms with Crippen LogP contribution in [0.5, 0.6) is 0 Å². The molecule has 0 amide bonds. The lowest BCUT2D eigenvalue weighted by atomic mass is 9.73. The third-order valence-electron chi connectivity index (χ3n) is 9.94. The standard InChI is InChI=1S/C33H35Cl2N3O4S/c34-25-2-1-3-26(35)29(25)30-24(31(42-37-30)20-5-6-20)18-41-23-15-21-7-8-22(16-23)33(21,39)32-36-27-9-4-19(14-28(27)43-32)17-38-10-12-40-13-11-38/h1-4,9,14,20-23,39H,5-8,10-13,15-18H2/t21-,22+,23+,33-. The van der Waals surface area contributed by atoms with Crippen molar-refractivity contribution in [2.45, 2.75) is 69.3 Å². The first-order valence-corrected chi connectivity index (χ1v) is 17.0. The summed E-state index contributed by atoms with van der Waals surface area (Å²) in [6, 6.07) is 12.0. The number of thiazole rings is 1. The molecular weight excluding hydrogens is 605 g/mol. The van der Waals surface area contributed by atoms with E-state index in [0.29, 0.717) is 33.8 Å². The van der Waals surface area contributed by atoms with E-state index in [0.717, 1.165) is 97.9 Å². The summed E-state index contributed by atoms with van der Waals surface area (Å²) in [5.74, 6) is 1.51. The normalized spacial score (nSPS) is 27.7. The van der Waals surface area contributed by atoms with Crippen LogP contribution in [0.1, 0.15) is 66.3 Å². The maximum Gasteiger partial charge on any atom is 0.145 e. The minimum Gasteiger partial charge on any atom is -0.382 e. The molecule has 4 aromatic rings. The first kappa shape index (κ1) is 28.4. The monoisotopic (exact) mass is 639 g/mol. The van der Waals surface area contributed by atoms with Crippen LogP contribution in [-0.2, 0) is 28.2 Å². The Kier molecular flexibility index (Phi) is 7.53. The molecule has 226 valence electrons. The maximum absolute atomic E-state index is 12.2. The highest BCUT2D eigenvalue weighted by Crippen LogP contribution is 2.57. The number of ether oxygens (including phenoxy) is 2. The number of nitrogens with zero attached hydrogens (tertiary/aromatic N) is 3. The van der Waals surface area contributed by atoms with Gasteiger partial charge in [0, 0.05) is 36.7 Å². The van der Waals surface area contributed by atoms with E-state index < -0.39 is 5.60 Å². The van der Waals surface area contributed by atoms with E-state index in [1.54, 1.807) is 11.3 Å². The van der Waals surface area contributed by atoms with E-state index in [1.807, 2.05) is 18.2 Å². The minimum atomic E-state index is -0.902. The van der Waals surface area contributed by atoms with E-state index >= 15 is 0 Å². The summed E-state index contributed by atoms with van der Waals surface area (Å²) < 4.78 is 19.1. The number of benzene rings is 2. The Hall–Kier alpha value is -2.04. The fourth-order valence-electron chi connectivity index (χ4n) is 7.49. The molecule has 8 rings (SSSR count). The molecule has 1 N–H and O–H groups in total. The molecule has 4 atom stereocenters. The van der Waals surface area contributed by atoms with Crippen molar-refractivity contribution in [1.82, 2.24) is 15.0 Å². The molecule has 3 saturated carbocycles. The molecule has 10 heteroatoms. The Bertz CT molecular complexity index is 1610. The number of rotatable bonds is 8. The molecule has 4 aliphatic rings. The third kappa shape index (κ3) is 5.23. The quantitative estimate of drug-likeness (QED) is 0.213. The summed E-state index contributed by atoms with van der Waals surface area (Å²) in [7, 11) is 0. The predicted molar refractivity (Wildman–Crippen MR) is 168 cm³/mol. The molecule has 2 bridgehead atoms. The van der Waals surface area contributed by atoms with Gasteiger partial charge in [0.05, 0.1) is 46.2 Å². The highest BCUT2D eigenvalue weighted by atomic mass is 35.5. The summed E-state index contributed by atoms with van der Waals surface area (Å²) in [4.78, 5) is 7.43. The van der Waals surface area contributed by atoms with Crippen molar-refractivity contribution < 1.29 is 19.1 Å². The zero-order chi connectivity index (χ0) is 29.1. The highest BCUT2D eigenvalue weighted by molar-refractivity contribution is 7.18. The summed E-state index contributed by atoms with van der Waals surface area (Å²) in [5.41, 5.74) is 3.68. The average Bonchev–Trinajstić information content (AvgIpc) is 3.59. The van der Waals surface area contributed by atoms with E-state index in [4.69, 9.17) is 42.2 Å². The third-order valence-corrected chi connectivity index (χ3v) is 11.7. The molecule has 2 aromatic heterocycles. The van der Waals surface area contributed by atoms with E-state index in [2.05, 4.69) is 28.3 Å². The summed E-state index contributed by atoms with van der Waals surface area (Å²) in [6.45, 7) is 4.83. The van der Waals surface area contributed by atoms with Crippen molar-refractivity contribution in [1.29, 1.82) is 0 Å². The summed E-state index contributed by atoms with van der Waals surface area (Å²) in [5, 5.41) is 18.6. The second-order valence-electron chi connectivity index (χ2n) is 12.7. The van der Waals surface area contributed by atoms with Gasteiger partial charge in [0.15, 0.2) is 0 Å². The number of hydrogen-bond donors (Lipinski definition) is 1. The highest BCUT2D eigenvalue weighted by Gasteiger charge is 2.56. The van der Waals surface area contributed by atoms with Gasteiger partial charge in [-0.3, -0.25) is 4.90 Å². The Balaban J connectivity index is 0.996. The van der Waals surface area contributed by atoms with Gasteiger partial charge in [-0.25, -0.2) is 4.98 Å². The number of morpholine rings is 1. The van der Waals surface area contributed by atoms with Crippen LogP contribution < -0.4 is 0 Å². The zero-order valence-corrected chi connectivity index (χ0v) is 26.3. The van der Waals surface area contributed by atoms with E-state index in [-0.39, 0.29) is 17.9 Å². The average molecular weight is 641 g/mol. The second kappa shape index (κ2) is 11.4. The van der Waals surface area contributed by atoms with E-state index in [9.17, 15) is 5.11 Å². The molecule has 0 spiro atoms. The molecule has 4 fully saturated rings. The van der Waals surface area contributed by atoms with Gasteiger partial charge in [0.25, 0.3) is 0 Å². The van der Waals surface area contributed by atoms with Gasteiger partial charge < -0.3 is 19.1 Å². The van der Waals surface area contributed by atoms with Crippen LogP contribution in [0.4, 0.5) is 0 Å². The van der Waals surface area contributed by atoms with Crippen LogP contribution in [0, 0.1) is 11.8 Å². The van der Waals surface area contributed by atoms with Gasteiger partial charge in [-0.15, -0.1) is 11.3 Å². The fourth-order valence-corrected chi connectivity index (χ4v) is 9.35. The molecule has 43 heavy (non-hydrogen) atoms. The fraction of sp³-hybridized carbons (Fsp3) is 0.515. The minimum absolute atomic E-state index is 0.0452. The Morgan fingerprint density at radius 1 is 1.02 bits per heavy atom. The topological polar surface area (TPSA) is 80.9 Å². The molecule has 7 nitrogen and oxygen atoms in total. The maximum atomic E-state index is 12.2. The van der Waals surface area contributed by atoms with Crippen molar-refractivity contribution in [3.05, 3.63) is 68.3 Å². The molecule has 0 radical (unpaired) electrons. The van der Waals surface area contributed by atoms with Crippen LogP contribution in [0.2, 0.25) is 10.0 Å². The number of hydrogen-bond acceptors (Lipinski definition) is 8. The van der Waals surface area contributed by atoms with Crippen molar-refractivity contribution in [2.24, 2.45) is 11.8 Å². The Labute approximate surface area is 265 Å². The lowest BCUT2D eigenvalue weighted by Crippen LogP contribution is -2.44. The number of aliphatic hydroxyl groups is 1. The first-order chi connectivity index (χ1) is 21.0. The number of halogens is 2. The lowest BCUT2D eigenvalue weighted by molar-refractivity contribution is -0.116. The molecular formula is C33H35Cl2N3O4S. The second-order valence-corrected chi connectivity index (χ2v) is 14.5. The van der Waals surface area contributed by atoms with Crippen molar-refractivity contribution in [3.63, 3.8) is 0 Å². The van der Waals surface area contributed by atoms with Gasteiger partial charge >= 0.3 is 0 Å². The predicted octanol–water partition coefficient (Wildman–Crippen LogP) is 7.56. The molecule has 2 aromatic carbocycles. The van der Waals surface area contributed by atoms with Gasteiger partial charge in [0.1, 0.15) is 22.1 Å². The lowest BCUT2D eigenvalue weighted by Gasteiger charge is -2.41. The summed E-state index contributed by atoms with van der Waals surface area (Å²) >= 11 is 14.8. The molecule has 3 heterocycles. The Morgan fingerprint density at radius 3 is 2.49 bits per heavy atom. The van der Waals surface area contributed by atoms with Gasteiger partial charge in [-0.1, -0.05) is 40.5 Å². The van der Waals surface area contributed by atoms with Crippen molar-refractivity contribution in [3.8, 4) is 11.3 Å². The molecule has 3 aliphatic carbocycles. The zero-order valence-electron chi connectivity index (χ0n) is 23.9. The van der Waals surface area contributed by atoms with Crippen LogP contribution in [0.3, 0.4) is 0 Å². The van der Waals surface area contributed by atoms with Crippen LogP contribution in [0.25, 0.3) is 21.5 Å². The Morgan fingerprint density at radius 2 is 1.77 bits per heavy atom. The number of fused-ring (bicyclic) bond motifs is 3. The van der Waals surface area contributed by atoms with Crippen LogP contribution in [-0.4, -0.2) is 52.6 Å². The van der Waals surface area contributed by atoms with Gasteiger partial charge in [-0.2, -0.15) is 0 Å². The van der Waals surface area contributed by atoms with Crippen LogP contribution in [0.15, 0.2) is 40.9 Å². The molecule has 0 unspecified atom stereocenters. The van der Waals surface area contributed by atoms with E-state index in [1.165, 1.54) is 5.56 Å². The molecule has 1 saturated heterocycles. The largest absolute Gasteiger partial charge is 0.382 e. The van der Waals surface area contributed by atoms with Gasteiger partial charge in [-0.05, 0) is 80.2 Å². The van der Waals surface area contributed by atoms with Crippen molar-refractivity contribution >= 4 is 44.8 Å².